The van der Waals surface area contributed by atoms with Crippen molar-refractivity contribution < 1.29 is 33.2 Å². The summed E-state index contributed by atoms with van der Waals surface area (Å²) in [5, 5.41) is 11.1. The van der Waals surface area contributed by atoms with Gasteiger partial charge in [0.25, 0.3) is 0 Å². The summed E-state index contributed by atoms with van der Waals surface area (Å²) in [5.41, 5.74) is 4.24. The smallest absolute Gasteiger partial charge is 0.197 e. The molecule has 0 aromatic heterocycles. The zero-order chi connectivity index (χ0) is 30.9. The van der Waals surface area contributed by atoms with E-state index in [-0.39, 0.29) is 12.4 Å². The van der Waals surface area contributed by atoms with Gasteiger partial charge in [0.05, 0.1) is 32.5 Å². The standard InChI is InChI=1S/C36H38ClFO6/c1-3-41-32-17-14-27(19-31(32)38)18-28-20-29(15-16-30(28)37)36(40-2)21-33(42-23-25-10-6-4-7-11-25)35(34(22-39)44-36)43-24-26-12-8-5-9-13-26/h4-17,19-20,33-35,39H,3,18,21-24H2,1-2H3/t33?,34?,35-,36+/m0/s1. The second kappa shape index (κ2) is 15.1. The Morgan fingerprint density at radius 3 is 2.18 bits per heavy atom. The molecule has 0 saturated carbocycles. The third-order valence-corrected chi connectivity index (χ3v) is 8.19. The van der Waals surface area contributed by atoms with Gasteiger partial charge in [-0.1, -0.05) is 84.4 Å². The van der Waals surface area contributed by atoms with E-state index in [0.29, 0.717) is 43.2 Å². The maximum absolute atomic E-state index is 14.6. The number of rotatable bonds is 13. The van der Waals surface area contributed by atoms with Gasteiger partial charge in [-0.15, -0.1) is 0 Å². The number of hydrogen-bond donors (Lipinski definition) is 1. The molecule has 0 spiro atoms. The molecule has 1 aliphatic rings. The van der Waals surface area contributed by atoms with Crippen LogP contribution < -0.4 is 4.74 Å². The maximum atomic E-state index is 14.6. The van der Waals surface area contributed by atoms with Gasteiger partial charge in [-0.2, -0.15) is 0 Å². The van der Waals surface area contributed by atoms with E-state index in [9.17, 15) is 9.50 Å². The number of methoxy groups -OCH3 is 1. The summed E-state index contributed by atoms with van der Waals surface area (Å²) in [6.45, 7) is 2.58. The van der Waals surface area contributed by atoms with Crippen LogP contribution in [0.4, 0.5) is 4.39 Å². The first-order valence-electron chi connectivity index (χ1n) is 14.8. The molecule has 1 fully saturated rings. The van der Waals surface area contributed by atoms with Crippen molar-refractivity contribution >= 4 is 11.6 Å². The molecule has 4 atom stereocenters. The lowest BCUT2D eigenvalue weighted by atomic mass is 9.89. The monoisotopic (exact) mass is 620 g/mol. The van der Waals surface area contributed by atoms with Gasteiger partial charge in [-0.05, 0) is 59.9 Å². The lowest BCUT2D eigenvalue weighted by molar-refractivity contribution is -0.335. The summed E-state index contributed by atoms with van der Waals surface area (Å²) < 4.78 is 45.5. The van der Waals surface area contributed by atoms with Crippen LogP contribution in [0.3, 0.4) is 0 Å². The Bertz CT molecular complexity index is 1490. The number of ether oxygens (including phenoxy) is 5. The van der Waals surface area contributed by atoms with E-state index in [2.05, 4.69) is 0 Å². The molecule has 6 nitrogen and oxygen atoms in total. The highest BCUT2D eigenvalue weighted by molar-refractivity contribution is 6.31. The molecule has 1 saturated heterocycles. The molecule has 8 heteroatoms. The van der Waals surface area contributed by atoms with Gasteiger partial charge in [0.15, 0.2) is 17.4 Å². The van der Waals surface area contributed by atoms with Crippen molar-refractivity contribution in [2.45, 2.75) is 57.1 Å². The third-order valence-electron chi connectivity index (χ3n) is 7.82. The fourth-order valence-electron chi connectivity index (χ4n) is 5.56. The molecule has 2 unspecified atom stereocenters. The molecule has 4 aromatic rings. The molecule has 4 aromatic carbocycles. The Hall–Kier alpha value is -3.30. The molecular weight excluding hydrogens is 583 g/mol. The van der Waals surface area contributed by atoms with Crippen molar-refractivity contribution in [1.29, 1.82) is 0 Å². The quantitative estimate of drug-likeness (QED) is 0.170. The average molecular weight is 621 g/mol. The molecule has 0 aliphatic carbocycles. The summed E-state index contributed by atoms with van der Waals surface area (Å²) >= 11 is 6.63. The first-order chi connectivity index (χ1) is 21.4. The molecule has 1 heterocycles. The largest absolute Gasteiger partial charge is 0.491 e. The normalized spacial score (nSPS) is 21.7. The van der Waals surface area contributed by atoms with Crippen LogP contribution in [0, 0.1) is 5.82 Å². The van der Waals surface area contributed by atoms with E-state index in [0.717, 1.165) is 22.3 Å². The predicted molar refractivity (Wildman–Crippen MR) is 167 cm³/mol. The first-order valence-corrected chi connectivity index (χ1v) is 15.2. The van der Waals surface area contributed by atoms with Gasteiger partial charge >= 0.3 is 0 Å². The van der Waals surface area contributed by atoms with Crippen LogP contribution in [0.1, 0.15) is 41.2 Å². The van der Waals surface area contributed by atoms with E-state index in [1.165, 1.54) is 6.07 Å². The maximum Gasteiger partial charge on any atom is 0.197 e. The van der Waals surface area contributed by atoms with Crippen LogP contribution in [0.25, 0.3) is 0 Å². The zero-order valence-corrected chi connectivity index (χ0v) is 25.7. The lowest BCUT2D eigenvalue weighted by Crippen LogP contribution is -2.56. The van der Waals surface area contributed by atoms with Crippen molar-refractivity contribution in [3.63, 3.8) is 0 Å². The van der Waals surface area contributed by atoms with Gasteiger partial charge in [0.2, 0.25) is 0 Å². The van der Waals surface area contributed by atoms with Crippen LogP contribution in [0.15, 0.2) is 97.1 Å². The summed E-state index contributed by atoms with van der Waals surface area (Å²) in [6.07, 6.45) is -1.11. The van der Waals surface area contributed by atoms with E-state index in [4.69, 9.17) is 35.3 Å². The fourth-order valence-corrected chi connectivity index (χ4v) is 5.75. The number of benzene rings is 4. The molecule has 44 heavy (non-hydrogen) atoms. The summed E-state index contributed by atoms with van der Waals surface area (Å²) in [5.74, 6) is -1.47. The molecule has 1 aliphatic heterocycles. The Kier molecular flexibility index (Phi) is 11.0. The minimum atomic E-state index is -1.26. The third kappa shape index (κ3) is 7.67. The van der Waals surface area contributed by atoms with Crippen molar-refractivity contribution in [3.05, 3.63) is 136 Å². The minimum absolute atomic E-state index is 0.214. The van der Waals surface area contributed by atoms with E-state index < -0.39 is 29.9 Å². The predicted octanol–water partition coefficient (Wildman–Crippen LogP) is 7.22. The zero-order valence-electron chi connectivity index (χ0n) is 25.0. The molecule has 0 amide bonds. The van der Waals surface area contributed by atoms with Crippen molar-refractivity contribution in [2.24, 2.45) is 0 Å². The molecular formula is C36H38ClFO6. The van der Waals surface area contributed by atoms with Crippen LogP contribution in [0.5, 0.6) is 5.75 Å². The van der Waals surface area contributed by atoms with E-state index >= 15 is 0 Å². The van der Waals surface area contributed by atoms with Gasteiger partial charge in [0.1, 0.15) is 12.2 Å². The van der Waals surface area contributed by atoms with Gasteiger partial charge in [-0.25, -0.2) is 4.39 Å². The van der Waals surface area contributed by atoms with Crippen LogP contribution >= 0.6 is 11.6 Å². The lowest BCUT2D eigenvalue weighted by Gasteiger charge is -2.47. The van der Waals surface area contributed by atoms with E-state index in [1.54, 1.807) is 19.2 Å². The second-order valence-electron chi connectivity index (χ2n) is 10.8. The van der Waals surface area contributed by atoms with Gasteiger partial charge in [-0.3, -0.25) is 0 Å². The Balaban J connectivity index is 1.43. The van der Waals surface area contributed by atoms with Gasteiger partial charge < -0.3 is 28.8 Å². The van der Waals surface area contributed by atoms with Crippen molar-refractivity contribution in [2.75, 3.05) is 20.3 Å². The van der Waals surface area contributed by atoms with Crippen molar-refractivity contribution in [1.82, 2.24) is 0 Å². The molecule has 1 N–H and O–H groups in total. The number of aliphatic hydroxyl groups excluding tert-OH is 1. The number of aliphatic hydroxyl groups is 1. The molecule has 0 radical (unpaired) electrons. The molecule has 0 bridgehead atoms. The van der Waals surface area contributed by atoms with Gasteiger partial charge in [0, 0.05) is 24.1 Å². The number of halogens is 2. The summed E-state index contributed by atoms with van der Waals surface area (Å²) in [7, 11) is 1.57. The Morgan fingerprint density at radius 2 is 1.57 bits per heavy atom. The molecule has 5 rings (SSSR count). The topological polar surface area (TPSA) is 66.4 Å². The number of hydrogen-bond acceptors (Lipinski definition) is 6. The fraction of sp³-hybridized carbons (Fsp3) is 0.333. The van der Waals surface area contributed by atoms with E-state index in [1.807, 2.05) is 85.8 Å². The van der Waals surface area contributed by atoms with Crippen LogP contribution in [0.2, 0.25) is 5.02 Å². The Labute approximate surface area is 263 Å². The average Bonchev–Trinajstić information content (AvgIpc) is 3.06. The highest BCUT2D eigenvalue weighted by Crippen LogP contribution is 2.42. The van der Waals surface area contributed by atoms with Crippen LogP contribution in [-0.4, -0.2) is 43.7 Å². The highest BCUT2D eigenvalue weighted by Gasteiger charge is 2.50. The molecule has 232 valence electrons. The first kappa shape index (κ1) is 32.1. The summed E-state index contributed by atoms with van der Waals surface area (Å²) in [4.78, 5) is 0. The Morgan fingerprint density at radius 1 is 0.886 bits per heavy atom. The van der Waals surface area contributed by atoms with Crippen LogP contribution in [-0.2, 0) is 44.4 Å². The summed E-state index contributed by atoms with van der Waals surface area (Å²) in [6, 6.07) is 30.2. The highest BCUT2D eigenvalue weighted by atomic mass is 35.5. The minimum Gasteiger partial charge on any atom is -0.491 e. The van der Waals surface area contributed by atoms with Crippen molar-refractivity contribution in [3.8, 4) is 5.75 Å². The SMILES string of the molecule is CCOc1ccc(Cc2cc([C@@]3(OC)CC(OCc4ccccc4)[C@H](OCc4ccccc4)C(CO)O3)ccc2Cl)cc1F. The second-order valence-corrected chi connectivity index (χ2v) is 11.2.